The second kappa shape index (κ2) is 9.40. The van der Waals surface area contributed by atoms with Crippen LogP contribution in [0.4, 0.5) is 0 Å². The van der Waals surface area contributed by atoms with Crippen molar-refractivity contribution in [3.63, 3.8) is 0 Å². The maximum absolute atomic E-state index is 5.18. The largest absolute Gasteiger partial charge is 0.291 e. The van der Waals surface area contributed by atoms with E-state index < -0.39 is 0 Å². The van der Waals surface area contributed by atoms with Crippen molar-refractivity contribution in [2.24, 2.45) is 0 Å². The Labute approximate surface area is 272 Å². The molecule has 0 aliphatic rings. The Balaban J connectivity index is 1.32. The standard InChI is InChI=1S/C41H23N7/c1-3-12-24(13-4-1)38-44-39(25-14-5-2-6-15-25)46-41(45-38)48-32-21-10-7-16-26(32)27-22-23-33-34(37(27)48)28-17-11-18-29-35-40(47(33)36(28)29)43-31-20-9-8-19-30(31)42-35/h1-23H. The maximum Gasteiger partial charge on any atom is 0.238 e. The first-order chi connectivity index (χ1) is 23.8. The first-order valence-electron chi connectivity index (χ1n) is 16.0. The van der Waals surface area contributed by atoms with Gasteiger partial charge in [0.1, 0.15) is 5.52 Å². The van der Waals surface area contributed by atoms with Gasteiger partial charge in [-0.3, -0.25) is 8.97 Å². The number of hydrogen-bond acceptors (Lipinski definition) is 5. The fraction of sp³-hybridized carbons (Fsp3) is 0. The van der Waals surface area contributed by atoms with Gasteiger partial charge < -0.3 is 0 Å². The summed E-state index contributed by atoms with van der Waals surface area (Å²) in [4.78, 5) is 25.6. The number of benzene rings is 6. The second-order valence-electron chi connectivity index (χ2n) is 12.1. The van der Waals surface area contributed by atoms with E-state index in [1.807, 2.05) is 84.9 Å². The molecule has 0 amide bonds. The van der Waals surface area contributed by atoms with Crippen LogP contribution in [0.2, 0.25) is 0 Å². The number of fused-ring (bicyclic) bond motifs is 11. The average molecular weight is 614 g/mol. The highest BCUT2D eigenvalue weighted by atomic mass is 15.2. The van der Waals surface area contributed by atoms with Gasteiger partial charge in [-0.15, -0.1) is 0 Å². The zero-order chi connectivity index (χ0) is 31.3. The van der Waals surface area contributed by atoms with E-state index in [1.54, 1.807) is 0 Å². The Bertz CT molecular complexity index is 2990. The van der Waals surface area contributed by atoms with Crippen molar-refractivity contribution in [2.45, 2.75) is 0 Å². The van der Waals surface area contributed by atoms with Gasteiger partial charge in [0, 0.05) is 38.1 Å². The van der Waals surface area contributed by atoms with Crippen LogP contribution in [0, 0.1) is 0 Å². The molecule has 0 fully saturated rings. The molecular weight excluding hydrogens is 591 g/mol. The third kappa shape index (κ3) is 3.39. The molecule has 0 N–H and O–H groups in total. The van der Waals surface area contributed by atoms with Gasteiger partial charge in [0.25, 0.3) is 0 Å². The molecule has 0 saturated carbocycles. The number of aromatic nitrogens is 7. The van der Waals surface area contributed by atoms with Crippen LogP contribution in [0.25, 0.3) is 99.9 Å². The van der Waals surface area contributed by atoms with Crippen molar-refractivity contribution >= 4 is 71.2 Å². The van der Waals surface area contributed by atoms with Crippen LogP contribution in [-0.4, -0.2) is 33.9 Å². The molecule has 48 heavy (non-hydrogen) atoms. The zero-order valence-electron chi connectivity index (χ0n) is 25.4. The highest BCUT2D eigenvalue weighted by Crippen LogP contribution is 2.44. The van der Waals surface area contributed by atoms with E-state index in [-0.39, 0.29) is 0 Å². The van der Waals surface area contributed by atoms with Crippen molar-refractivity contribution in [3.8, 4) is 28.7 Å². The molecule has 0 saturated heterocycles. The summed E-state index contributed by atoms with van der Waals surface area (Å²) in [6.45, 7) is 0. The Morgan fingerprint density at radius 2 is 1.02 bits per heavy atom. The topological polar surface area (TPSA) is 73.8 Å². The molecule has 11 aromatic rings. The van der Waals surface area contributed by atoms with Gasteiger partial charge in [0.05, 0.1) is 33.1 Å². The van der Waals surface area contributed by atoms with Gasteiger partial charge >= 0.3 is 0 Å². The minimum atomic E-state index is 0.571. The van der Waals surface area contributed by atoms with Gasteiger partial charge in [-0.2, -0.15) is 9.97 Å². The highest BCUT2D eigenvalue weighted by molar-refractivity contribution is 6.30. The molecule has 0 unspecified atom stereocenters. The minimum absolute atomic E-state index is 0.571. The molecule has 0 spiro atoms. The van der Waals surface area contributed by atoms with Gasteiger partial charge in [-0.1, -0.05) is 115 Å². The first kappa shape index (κ1) is 25.5. The first-order valence-corrected chi connectivity index (χ1v) is 16.0. The van der Waals surface area contributed by atoms with Gasteiger partial charge in [0.15, 0.2) is 17.3 Å². The molecular formula is C41H23N7. The molecule has 7 heteroatoms. The number of nitrogens with zero attached hydrogens (tertiary/aromatic N) is 7. The minimum Gasteiger partial charge on any atom is -0.291 e. The molecule has 5 heterocycles. The van der Waals surface area contributed by atoms with Crippen LogP contribution >= 0.6 is 0 Å². The molecule has 222 valence electrons. The SMILES string of the molecule is c1ccc(-c2nc(-c3ccccc3)nc(-n3c4ccccc4c4ccc5c(c6cccc7c8nc9ccccc9nc8n5c76)c43)n2)cc1. The molecule has 0 radical (unpaired) electrons. The quantitative estimate of drug-likeness (QED) is 0.199. The summed E-state index contributed by atoms with van der Waals surface area (Å²) in [5.41, 5.74) is 9.67. The molecule has 6 aromatic carbocycles. The Morgan fingerprint density at radius 3 is 1.77 bits per heavy atom. The van der Waals surface area contributed by atoms with Crippen LogP contribution in [-0.2, 0) is 0 Å². The summed E-state index contributed by atoms with van der Waals surface area (Å²) >= 11 is 0. The summed E-state index contributed by atoms with van der Waals surface area (Å²) in [7, 11) is 0. The average Bonchev–Trinajstić information content (AvgIpc) is 3.79. The van der Waals surface area contributed by atoms with Gasteiger partial charge in [-0.25, -0.2) is 15.0 Å². The van der Waals surface area contributed by atoms with Crippen molar-refractivity contribution < 1.29 is 0 Å². The number of hydrogen-bond donors (Lipinski definition) is 0. The number of para-hydroxylation sites is 4. The van der Waals surface area contributed by atoms with Crippen LogP contribution < -0.4 is 0 Å². The summed E-state index contributed by atoms with van der Waals surface area (Å²) in [6, 6.07) is 47.8. The Hall–Kier alpha value is -6.73. The molecule has 0 aliphatic carbocycles. The van der Waals surface area contributed by atoms with E-state index in [9.17, 15) is 0 Å². The Kier molecular flexibility index (Phi) is 4.99. The van der Waals surface area contributed by atoms with Crippen LogP contribution in [0.15, 0.2) is 140 Å². The summed E-state index contributed by atoms with van der Waals surface area (Å²) in [5.74, 6) is 1.82. The van der Waals surface area contributed by atoms with Crippen LogP contribution in [0.3, 0.4) is 0 Å². The van der Waals surface area contributed by atoms with E-state index in [2.05, 4.69) is 63.6 Å². The Morgan fingerprint density at radius 1 is 0.396 bits per heavy atom. The lowest BCUT2D eigenvalue weighted by Gasteiger charge is -2.11. The van der Waals surface area contributed by atoms with Gasteiger partial charge in [-0.05, 0) is 24.3 Å². The van der Waals surface area contributed by atoms with Crippen molar-refractivity contribution in [1.82, 2.24) is 33.9 Å². The third-order valence-electron chi connectivity index (χ3n) is 9.49. The van der Waals surface area contributed by atoms with Crippen molar-refractivity contribution in [1.29, 1.82) is 0 Å². The summed E-state index contributed by atoms with van der Waals surface area (Å²) in [5, 5.41) is 5.63. The summed E-state index contributed by atoms with van der Waals surface area (Å²) < 4.78 is 4.51. The molecule has 7 nitrogen and oxygen atoms in total. The molecule has 0 atom stereocenters. The lowest BCUT2D eigenvalue weighted by molar-refractivity contribution is 0.955. The van der Waals surface area contributed by atoms with E-state index in [1.165, 1.54) is 0 Å². The third-order valence-corrected chi connectivity index (χ3v) is 9.49. The lowest BCUT2D eigenvalue weighted by Crippen LogP contribution is -2.06. The highest BCUT2D eigenvalue weighted by Gasteiger charge is 2.25. The molecule has 0 bridgehead atoms. The maximum atomic E-state index is 5.18. The zero-order valence-corrected chi connectivity index (χ0v) is 25.4. The van der Waals surface area contributed by atoms with Crippen molar-refractivity contribution in [3.05, 3.63) is 140 Å². The molecule has 11 rings (SSSR count). The fourth-order valence-electron chi connectivity index (χ4n) is 7.45. The van der Waals surface area contributed by atoms with E-state index in [0.717, 1.165) is 82.3 Å². The van der Waals surface area contributed by atoms with E-state index >= 15 is 0 Å². The van der Waals surface area contributed by atoms with Crippen LogP contribution in [0.1, 0.15) is 0 Å². The smallest absolute Gasteiger partial charge is 0.238 e. The predicted octanol–water partition coefficient (Wildman–Crippen LogP) is 9.40. The summed E-state index contributed by atoms with van der Waals surface area (Å²) in [6.07, 6.45) is 0. The van der Waals surface area contributed by atoms with E-state index in [4.69, 9.17) is 24.9 Å². The monoisotopic (exact) mass is 613 g/mol. The number of rotatable bonds is 3. The molecule has 5 aromatic heterocycles. The normalized spacial score (nSPS) is 12.2. The predicted molar refractivity (Wildman–Crippen MR) is 193 cm³/mol. The van der Waals surface area contributed by atoms with E-state index in [0.29, 0.717) is 17.6 Å². The van der Waals surface area contributed by atoms with Crippen molar-refractivity contribution in [2.75, 3.05) is 0 Å². The molecule has 0 aliphatic heterocycles. The van der Waals surface area contributed by atoms with Crippen LogP contribution in [0.5, 0.6) is 0 Å². The lowest BCUT2D eigenvalue weighted by atomic mass is 10.1. The fourth-order valence-corrected chi connectivity index (χ4v) is 7.45. The van der Waals surface area contributed by atoms with Gasteiger partial charge in [0.2, 0.25) is 5.95 Å². The second-order valence-corrected chi connectivity index (χ2v) is 12.1.